The third-order valence-corrected chi connectivity index (χ3v) is 5.98. The normalized spacial score (nSPS) is 26.1. The highest BCUT2D eigenvalue weighted by Gasteiger charge is 2.33. The van der Waals surface area contributed by atoms with Gasteiger partial charge in [0, 0.05) is 39.3 Å². The van der Waals surface area contributed by atoms with Crippen LogP contribution in [0.1, 0.15) is 19.3 Å². The van der Waals surface area contributed by atoms with Gasteiger partial charge in [-0.25, -0.2) is 9.52 Å². The predicted molar refractivity (Wildman–Crippen MR) is 82.8 cm³/mol. The molecule has 2 fully saturated rings. The van der Waals surface area contributed by atoms with Crippen LogP contribution in [0.4, 0.5) is 4.79 Å². The Kier molecular flexibility index (Phi) is 5.82. The predicted octanol–water partition coefficient (Wildman–Crippen LogP) is -0.880. The minimum absolute atomic E-state index is 0.0364. The van der Waals surface area contributed by atoms with Crippen molar-refractivity contribution in [2.75, 3.05) is 40.3 Å². The Morgan fingerprint density at radius 3 is 2.35 bits per heavy atom. The lowest BCUT2D eigenvalue weighted by molar-refractivity contribution is -0.145. The minimum atomic E-state index is -3.44. The summed E-state index contributed by atoms with van der Waals surface area (Å²) in [7, 11) is -0.704. The van der Waals surface area contributed by atoms with E-state index in [1.54, 1.807) is 4.90 Å². The molecular formula is C13H24N4O5S. The first-order valence-corrected chi connectivity index (χ1v) is 9.13. The van der Waals surface area contributed by atoms with Crippen molar-refractivity contribution < 1.29 is 22.7 Å². The molecule has 2 amide bonds. The van der Waals surface area contributed by atoms with E-state index in [-0.39, 0.29) is 37.0 Å². The number of carbonyl (C=O) groups excluding carboxylic acids is 2. The van der Waals surface area contributed by atoms with Crippen molar-refractivity contribution >= 4 is 22.2 Å². The van der Waals surface area contributed by atoms with E-state index < -0.39 is 10.2 Å². The summed E-state index contributed by atoms with van der Waals surface area (Å²) in [5.74, 6) is -0.379. The number of methoxy groups -OCH3 is 1. The Bertz CT molecular complexity index is 545. The molecule has 1 saturated carbocycles. The number of rotatable bonds is 4. The average molecular weight is 348 g/mol. The van der Waals surface area contributed by atoms with Gasteiger partial charge in [-0.1, -0.05) is 0 Å². The molecule has 132 valence electrons. The first-order chi connectivity index (χ1) is 10.9. The molecule has 1 saturated heterocycles. The van der Waals surface area contributed by atoms with E-state index in [1.165, 1.54) is 18.5 Å². The highest BCUT2D eigenvalue weighted by molar-refractivity contribution is 7.87. The summed E-state index contributed by atoms with van der Waals surface area (Å²) in [5.41, 5.74) is 0. The van der Waals surface area contributed by atoms with Gasteiger partial charge >= 0.3 is 12.0 Å². The van der Waals surface area contributed by atoms with Gasteiger partial charge in [-0.15, -0.1) is 0 Å². The number of esters is 1. The fourth-order valence-electron chi connectivity index (χ4n) is 3.02. The molecule has 0 spiro atoms. The van der Waals surface area contributed by atoms with E-state index >= 15 is 0 Å². The van der Waals surface area contributed by atoms with Gasteiger partial charge in [0.25, 0.3) is 10.2 Å². The van der Waals surface area contributed by atoms with Gasteiger partial charge in [-0.3, -0.25) is 4.79 Å². The molecule has 23 heavy (non-hydrogen) atoms. The SMILES string of the molecule is CNS(=O)(=O)N1CCN(C(=O)N[C@@H]2CC[C@H](C(=O)OC)C2)CC1. The molecule has 2 aliphatic rings. The minimum Gasteiger partial charge on any atom is -0.469 e. The molecule has 0 unspecified atom stereocenters. The molecule has 10 heteroatoms. The van der Waals surface area contributed by atoms with Gasteiger partial charge in [0.15, 0.2) is 0 Å². The van der Waals surface area contributed by atoms with Crippen LogP contribution in [-0.2, 0) is 19.7 Å². The fourth-order valence-corrected chi connectivity index (χ4v) is 3.92. The maximum atomic E-state index is 12.2. The summed E-state index contributed by atoms with van der Waals surface area (Å²) in [6.45, 7) is 1.23. The summed E-state index contributed by atoms with van der Waals surface area (Å²) in [5, 5.41) is 2.92. The molecule has 1 aliphatic carbocycles. The molecule has 9 nitrogen and oxygen atoms in total. The van der Waals surface area contributed by atoms with Gasteiger partial charge < -0.3 is 15.0 Å². The lowest BCUT2D eigenvalue weighted by atomic mass is 10.1. The Balaban J connectivity index is 1.79. The second-order valence-electron chi connectivity index (χ2n) is 5.77. The Morgan fingerprint density at radius 1 is 1.13 bits per heavy atom. The summed E-state index contributed by atoms with van der Waals surface area (Å²) in [6.07, 6.45) is 2.05. The lowest BCUT2D eigenvalue weighted by Crippen LogP contribution is -2.55. The van der Waals surface area contributed by atoms with E-state index in [1.807, 2.05) is 0 Å². The van der Waals surface area contributed by atoms with Crippen LogP contribution >= 0.6 is 0 Å². The summed E-state index contributed by atoms with van der Waals surface area (Å²) in [6, 6.07) is -0.243. The van der Waals surface area contributed by atoms with Gasteiger partial charge in [0.05, 0.1) is 13.0 Å². The largest absolute Gasteiger partial charge is 0.469 e. The smallest absolute Gasteiger partial charge is 0.317 e. The number of nitrogens with zero attached hydrogens (tertiary/aromatic N) is 2. The quantitative estimate of drug-likeness (QED) is 0.642. The highest BCUT2D eigenvalue weighted by Crippen LogP contribution is 2.26. The summed E-state index contributed by atoms with van der Waals surface area (Å²) < 4.78 is 31.7. The van der Waals surface area contributed by atoms with E-state index in [0.717, 1.165) is 6.42 Å². The second-order valence-corrected chi connectivity index (χ2v) is 7.65. The second kappa shape index (κ2) is 7.45. The molecule has 2 N–H and O–H groups in total. The molecular weight excluding hydrogens is 324 g/mol. The number of amides is 2. The van der Waals surface area contributed by atoms with Crippen molar-refractivity contribution in [1.82, 2.24) is 19.2 Å². The maximum Gasteiger partial charge on any atom is 0.317 e. The monoisotopic (exact) mass is 348 g/mol. The zero-order valence-electron chi connectivity index (χ0n) is 13.4. The van der Waals surface area contributed by atoms with Crippen LogP contribution in [-0.4, -0.2) is 76.0 Å². The molecule has 0 aromatic rings. The zero-order valence-corrected chi connectivity index (χ0v) is 14.3. The molecule has 1 aliphatic heterocycles. The van der Waals surface area contributed by atoms with E-state index in [0.29, 0.717) is 25.9 Å². The van der Waals surface area contributed by atoms with E-state index in [9.17, 15) is 18.0 Å². The molecule has 1 heterocycles. The van der Waals surface area contributed by atoms with Crippen LogP contribution in [0.15, 0.2) is 0 Å². The molecule has 0 radical (unpaired) electrons. The van der Waals surface area contributed by atoms with Crippen LogP contribution in [0.2, 0.25) is 0 Å². The third kappa shape index (κ3) is 4.33. The topological polar surface area (TPSA) is 108 Å². The number of carbonyl (C=O) groups is 2. The number of hydrogen-bond donors (Lipinski definition) is 2. The van der Waals surface area contributed by atoms with Crippen LogP contribution in [0.3, 0.4) is 0 Å². The number of hydrogen-bond acceptors (Lipinski definition) is 5. The zero-order chi connectivity index (χ0) is 17.0. The molecule has 0 aromatic heterocycles. The van der Waals surface area contributed by atoms with Crippen LogP contribution in [0.25, 0.3) is 0 Å². The number of nitrogens with one attached hydrogen (secondary N) is 2. The third-order valence-electron chi connectivity index (χ3n) is 4.42. The Morgan fingerprint density at radius 2 is 1.78 bits per heavy atom. The van der Waals surface area contributed by atoms with Gasteiger partial charge in [-0.2, -0.15) is 12.7 Å². The lowest BCUT2D eigenvalue weighted by Gasteiger charge is -2.34. The molecule has 0 bridgehead atoms. The number of piperazine rings is 1. The first kappa shape index (κ1) is 18.0. The van der Waals surface area contributed by atoms with Crippen molar-refractivity contribution in [1.29, 1.82) is 0 Å². The van der Waals surface area contributed by atoms with Crippen LogP contribution < -0.4 is 10.0 Å². The Hall–Kier alpha value is -1.39. The maximum absolute atomic E-state index is 12.2. The van der Waals surface area contributed by atoms with E-state index in [2.05, 4.69) is 10.0 Å². The van der Waals surface area contributed by atoms with Gasteiger partial charge in [0.1, 0.15) is 0 Å². The van der Waals surface area contributed by atoms with Crippen LogP contribution in [0, 0.1) is 5.92 Å². The average Bonchev–Trinajstić information content (AvgIpc) is 3.02. The highest BCUT2D eigenvalue weighted by atomic mass is 32.2. The van der Waals surface area contributed by atoms with Crippen molar-refractivity contribution in [3.05, 3.63) is 0 Å². The first-order valence-electron chi connectivity index (χ1n) is 7.69. The number of ether oxygens (including phenoxy) is 1. The van der Waals surface area contributed by atoms with Crippen molar-refractivity contribution in [3.8, 4) is 0 Å². The van der Waals surface area contributed by atoms with Crippen molar-refractivity contribution in [3.63, 3.8) is 0 Å². The summed E-state index contributed by atoms with van der Waals surface area (Å²) in [4.78, 5) is 25.3. The van der Waals surface area contributed by atoms with Crippen molar-refractivity contribution in [2.45, 2.75) is 25.3 Å². The number of urea groups is 1. The molecule has 0 aromatic carbocycles. The van der Waals surface area contributed by atoms with Crippen LogP contribution in [0.5, 0.6) is 0 Å². The van der Waals surface area contributed by atoms with E-state index in [4.69, 9.17) is 4.74 Å². The molecule has 2 atom stereocenters. The Labute approximate surface area is 136 Å². The standard InChI is InChI=1S/C13H24N4O5S/c1-14-23(20,21)17-7-5-16(6-8-17)13(19)15-11-4-3-10(9-11)12(18)22-2/h10-11,14H,3-9H2,1-2H3,(H,15,19)/t10-,11+/m0/s1. The van der Waals surface area contributed by atoms with Gasteiger partial charge in [-0.05, 0) is 19.3 Å². The fraction of sp³-hybridized carbons (Fsp3) is 0.846. The summed E-state index contributed by atoms with van der Waals surface area (Å²) >= 11 is 0. The molecule has 2 rings (SSSR count). The van der Waals surface area contributed by atoms with Crippen molar-refractivity contribution in [2.24, 2.45) is 5.92 Å². The van der Waals surface area contributed by atoms with Gasteiger partial charge in [0.2, 0.25) is 0 Å².